The van der Waals surface area contributed by atoms with Crippen LogP contribution in [0.15, 0.2) is 18.2 Å². The molecule has 0 aliphatic heterocycles. The van der Waals surface area contributed by atoms with Crippen LogP contribution in [0, 0.1) is 18.2 Å². The number of aromatic nitrogens is 2. The van der Waals surface area contributed by atoms with Crippen molar-refractivity contribution in [2.45, 2.75) is 19.4 Å². The number of hydrogen-bond acceptors (Lipinski definition) is 2. The zero-order chi connectivity index (χ0) is 12.3. The Bertz CT molecular complexity index is 566. The first-order chi connectivity index (χ1) is 8.26. The average Bonchev–Trinajstić information content (AvgIpc) is 2.64. The predicted molar refractivity (Wildman–Crippen MR) is 65.9 cm³/mol. The Kier molecular flexibility index (Phi) is 3.40. The van der Waals surface area contributed by atoms with E-state index in [1.165, 1.54) is 12.1 Å². The smallest absolute Gasteiger partial charge is 0.125 e. The number of benzene rings is 1. The van der Waals surface area contributed by atoms with Crippen LogP contribution in [0.3, 0.4) is 0 Å². The van der Waals surface area contributed by atoms with Crippen LogP contribution in [-0.4, -0.2) is 16.1 Å². The van der Waals surface area contributed by atoms with Crippen molar-refractivity contribution in [1.82, 2.24) is 9.55 Å². The van der Waals surface area contributed by atoms with Gasteiger partial charge in [0.1, 0.15) is 11.6 Å². The van der Waals surface area contributed by atoms with Crippen molar-refractivity contribution in [3.05, 3.63) is 29.8 Å². The molecule has 0 amide bonds. The maximum absolute atomic E-state index is 13.1. The monoisotopic (exact) mass is 231 g/mol. The molecule has 88 valence electrons. The van der Waals surface area contributed by atoms with Crippen molar-refractivity contribution in [1.29, 1.82) is 0 Å². The summed E-state index contributed by atoms with van der Waals surface area (Å²) in [5.41, 5.74) is 7.00. The van der Waals surface area contributed by atoms with Crippen molar-refractivity contribution >= 4 is 11.0 Å². The van der Waals surface area contributed by atoms with Gasteiger partial charge in [0.2, 0.25) is 0 Å². The minimum Gasteiger partial charge on any atom is -0.330 e. The zero-order valence-corrected chi connectivity index (χ0v) is 9.49. The third kappa shape index (κ3) is 2.29. The largest absolute Gasteiger partial charge is 0.330 e. The van der Waals surface area contributed by atoms with Crippen LogP contribution < -0.4 is 5.73 Å². The van der Waals surface area contributed by atoms with Crippen molar-refractivity contribution in [3.8, 4) is 12.3 Å². The van der Waals surface area contributed by atoms with Gasteiger partial charge in [-0.25, -0.2) is 9.37 Å². The van der Waals surface area contributed by atoms with E-state index in [1.807, 2.05) is 4.57 Å². The van der Waals surface area contributed by atoms with Gasteiger partial charge >= 0.3 is 0 Å². The average molecular weight is 231 g/mol. The highest BCUT2D eigenvalue weighted by Gasteiger charge is 2.09. The molecule has 1 aromatic carbocycles. The second-order valence-corrected chi connectivity index (χ2v) is 3.84. The van der Waals surface area contributed by atoms with Gasteiger partial charge in [0.15, 0.2) is 0 Å². The molecule has 0 unspecified atom stereocenters. The van der Waals surface area contributed by atoms with Gasteiger partial charge in [-0.2, -0.15) is 0 Å². The van der Waals surface area contributed by atoms with Crippen LogP contribution >= 0.6 is 0 Å². The molecule has 0 bridgehead atoms. The highest BCUT2D eigenvalue weighted by molar-refractivity contribution is 5.76. The highest BCUT2D eigenvalue weighted by Crippen LogP contribution is 2.18. The standard InChI is InChI=1S/C13H14FN3/c1-2-8-17-12-6-5-10(14)9-11(12)16-13(17)4-3-7-15/h1,5-6,9H,3-4,7-8,15H2. The summed E-state index contributed by atoms with van der Waals surface area (Å²) in [5.74, 6) is 3.18. The normalized spacial score (nSPS) is 10.6. The number of nitrogens with two attached hydrogens (primary N) is 1. The number of hydrogen-bond donors (Lipinski definition) is 1. The van der Waals surface area contributed by atoms with E-state index in [9.17, 15) is 4.39 Å². The van der Waals surface area contributed by atoms with Crippen LogP contribution in [0.1, 0.15) is 12.2 Å². The summed E-state index contributed by atoms with van der Waals surface area (Å²) in [6.45, 7) is 1.05. The predicted octanol–water partition coefficient (Wildman–Crippen LogP) is 1.70. The molecule has 0 radical (unpaired) electrons. The SMILES string of the molecule is C#CCn1c(CCCN)nc2cc(F)ccc21. The van der Waals surface area contributed by atoms with E-state index in [0.717, 1.165) is 24.2 Å². The van der Waals surface area contributed by atoms with E-state index < -0.39 is 0 Å². The van der Waals surface area contributed by atoms with Gasteiger partial charge < -0.3 is 10.3 Å². The minimum atomic E-state index is -0.284. The molecular formula is C13H14FN3. The lowest BCUT2D eigenvalue weighted by molar-refractivity contribution is 0.629. The van der Waals surface area contributed by atoms with Crippen molar-refractivity contribution in [2.24, 2.45) is 5.73 Å². The molecular weight excluding hydrogens is 217 g/mol. The molecule has 0 fully saturated rings. The molecule has 17 heavy (non-hydrogen) atoms. The van der Waals surface area contributed by atoms with Gasteiger partial charge in [-0.05, 0) is 25.1 Å². The first kappa shape index (κ1) is 11.6. The maximum atomic E-state index is 13.1. The summed E-state index contributed by atoms with van der Waals surface area (Å²) in [5, 5.41) is 0. The molecule has 0 aliphatic rings. The molecule has 1 aromatic heterocycles. The molecule has 3 nitrogen and oxygen atoms in total. The van der Waals surface area contributed by atoms with Crippen LogP contribution in [0.25, 0.3) is 11.0 Å². The fourth-order valence-electron chi connectivity index (χ4n) is 1.87. The van der Waals surface area contributed by atoms with Crippen LogP contribution in [0.2, 0.25) is 0 Å². The molecule has 2 N–H and O–H groups in total. The Morgan fingerprint density at radius 2 is 2.29 bits per heavy atom. The molecule has 4 heteroatoms. The Hall–Kier alpha value is -1.86. The van der Waals surface area contributed by atoms with E-state index >= 15 is 0 Å². The zero-order valence-electron chi connectivity index (χ0n) is 9.49. The molecule has 0 spiro atoms. The molecule has 0 atom stereocenters. The van der Waals surface area contributed by atoms with Crippen LogP contribution in [0.5, 0.6) is 0 Å². The number of aryl methyl sites for hydroxylation is 1. The Balaban J connectivity index is 2.50. The Labute approximate surface area is 99.4 Å². The first-order valence-corrected chi connectivity index (χ1v) is 5.54. The van der Waals surface area contributed by atoms with Crippen molar-refractivity contribution < 1.29 is 4.39 Å². The lowest BCUT2D eigenvalue weighted by Gasteiger charge is -2.04. The van der Waals surface area contributed by atoms with Gasteiger partial charge in [-0.3, -0.25) is 0 Å². The number of halogens is 1. The Morgan fingerprint density at radius 3 is 3.00 bits per heavy atom. The van der Waals surface area contributed by atoms with E-state index in [4.69, 9.17) is 12.2 Å². The number of nitrogens with zero attached hydrogens (tertiary/aromatic N) is 2. The molecule has 2 rings (SSSR count). The summed E-state index contributed by atoms with van der Waals surface area (Å²) in [7, 11) is 0. The number of terminal acetylenes is 1. The fourth-order valence-corrected chi connectivity index (χ4v) is 1.87. The van der Waals surface area contributed by atoms with E-state index in [1.54, 1.807) is 6.07 Å². The fraction of sp³-hybridized carbons (Fsp3) is 0.308. The highest BCUT2D eigenvalue weighted by atomic mass is 19.1. The molecule has 0 saturated carbocycles. The molecule has 1 heterocycles. The molecule has 0 saturated heterocycles. The number of fused-ring (bicyclic) bond motifs is 1. The van der Waals surface area contributed by atoms with E-state index in [-0.39, 0.29) is 5.82 Å². The van der Waals surface area contributed by atoms with Crippen LogP contribution in [0.4, 0.5) is 4.39 Å². The van der Waals surface area contributed by atoms with Gasteiger partial charge in [-0.15, -0.1) is 6.42 Å². The molecule has 2 aromatic rings. The van der Waals surface area contributed by atoms with Gasteiger partial charge in [0.05, 0.1) is 17.6 Å². The summed E-state index contributed by atoms with van der Waals surface area (Å²) in [6, 6.07) is 4.55. The quantitative estimate of drug-likeness (QED) is 0.814. The topological polar surface area (TPSA) is 43.8 Å². The molecule has 0 aliphatic carbocycles. The first-order valence-electron chi connectivity index (χ1n) is 5.54. The van der Waals surface area contributed by atoms with E-state index in [0.29, 0.717) is 18.6 Å². The summed E-state index contributed by atoms with van der Waals surface area (Å²) < 4.78 is 15.0. The number of imidazole rings is 1. The number of rotatable bonds is 4. The summed E-state index contributed by atoms with van der Waals surface area (Å²) in [4.78, 5) is 4.40. The maximum Gasteiger partial charge on any atom is 0.125 e. The second kappa shape index (κ2) is 4.98. The van der Waals surface area contributed by atoms with Crippen molar-refractivity contribution in [2.75, 3.05) is 6.54 Å². The van der Waals surface area contributed by atoms with Crippen molar-refractivity contribution in [3.63, 3.8) is 0 Å². The third-order valence-corrected chi connectivity index (χ3v) is 2.64. The lowest BCUT2D eigenvalue weighted by atomic mass is 10.3. The summed E-state index contributed by atoms with van der Waals surface area (Å²) >= 11 is 0. The van der Waals surface area contributed by atoms with E-state index in [2.05, 4.69) is 10.9 Å². The second-order valence-electron chi connectivity index (χ2n) is 3.84. The third-order valence-electron chi connectivity index (χ3n) is 2.64. The van der Waals surface area contributed by atoms with Crippen LogP contribution in [-0.2, 0) is 13.0 Å². The van der Waals surface area contributed by atoms with Gasteiger partial charge in [0, 0.05) is 12.5 Å². The minimum absolute atomic E-state index is 0.284. The lowest BCUT2D eigenvalue weighted by Crippen LogP contribution is -2.06. The van der Waals surface area contributed by atoms with Gasteiger partial charge in [0.25, 0.3) is 0 Å². The summed E-state index contributed by atoms with van der Waals surface area (Å²) in [6.07, 6.45) is 6.94. The Morgan fingerprint density at radius 1 is 1.47 bits per heavy atom. The van der Waals surface area contributed by atoms with Gasteiger partial charge in [-0.1, -0.05) is 5.92 Å².